The van der Waals surface area contributed by atoms with Crippen molar-refractivity contribution in [1.29, 1.82) is 0 Å². The van der Waals surface area contributed by atoms with Crippen LogP contribution in [0.25, 0.3) is 132 Å². The molecule has 0 saturated carbocycles. The number of nitrogens with zero attached hydrogens (tertiary/aromatic N) is 3. The Labute approximate surface area is 763 Å². The molecule has 0 aliphatic rings. The van der Waals surface area contributed by atoms with Gasteiger partial charge in [-0.2, -0.15) is 0 Å². The van der Waals surface area contributed by atoms with E-state index in [9.17, 15) is 0 Å². The van der Waals surface area contributed by atoms with Gasteiger partial charge in [-0.05, 0) is 278 Å². The molecule has 22 aromatic rings. The Hall–Kier alpha value is -16.4. The monoisotopic (exact) mass is 1710 g/mol. The predicted molar refractivity (Wildman–Crippen MR) is 554 cm³/mol. The summed E-state index contributed by atoms with van der Waals surface area (Å²) in [5, 5.41) is 13.3. The smallest absolute Gasteiger partial charge is 0.0468 e. The Balaban J connectivity index is 0.000000135. The molecule has 0 atom stereocenters. The highest BCUT2D eigenvalue weighted by Gasteiger charge is 2.26. The van der Waals surface area contributed by atoms with Gasteiger partial charge in [0.05, 0.1) is 0 Å². The molecular formula is C124H89BrN4. The van der Waals surface area contributed by atoms with Crippen LogP contribution in [0.5, 0.6) is 0 Å². The fourth-order valence-electron chi connectivity index (χ4n) is 18.3. The minimum Gasteiger partial charge on any atom is -0.356 e. The topological polar surface area (TPSA) is 21.8 Å². The quantitative estimate of drug-likeness (QED) is 0.0815. The Morgan fingerprint density at radius 3 is 0.636 bits per heavy atom. The van der Waals surface area contributed by atoms with Gasteiger partial charge in [-0.1, -0.05) is 404 Å². The van der Waals surface area contributed by atoms with E-state index >= 15 is 0 Å². The zero-order chi connectivity index (χ0) is 86.4. The zero-order valence-corrected chi connectivity index (χ0v) is 72.6. The van der Waals surface area contributed by atoms with Gasteiger partial charge in [0.25, 0.3) is 0 Å². The van der Waals surface area contributed by atoms with Crippen LogP contribution >= 0.6 is 15.9 Å². The molecule has 0 aromatic heterocycles. The van der Waals surface area contributed by atoms with E-state index in [0.717, 1.165) is 67.0 Å². The van der Waals surface area contributed by atoms with Crippen molar-refractivity contribution in [2.24, 2.45) is 0 Å². The molecule has 0 aliphatic carbocycles. The largest absolute Gasteiger partial charge is 0.356 e. The van der Waals surface area contributed by atoms with Crippen LogP contribution in [0.2, 0.25) is 0 Å². The van der Waals surface area contributed by atoms with Gasteiger partial charge in [0.15, 0.2) is 0 Å². The lowest BCUT2D eigenvalue weighted by molar-refractivity contribution is 1.26. The van der Waals surface area contributed by atoms with Crippen molar-refractivity contribution in [3.8, 4) is 89.0 Å². The second kappa shape index (κ2) is 37.9. The SMILES string of the molecule is Brc1ccc2c(-c3ccccc3-c3ccccc3)c3ccccc3c(-c3ccccc3-c3ccccc3)c2c1.c1ccc(-c2ccccc2-c2c3ccccc3c(-c3ccccc3-c3ccccc3)c3cc(N(c4ccccc4)c4ccc(N(c5ccccc5)c5ccccc5)cc4)ccc23)cc1.c1ccc(Nc2ccc(N(c3ccccc3)c3ccccc3)cc2)cc1. The van der Waals surface area contributed by atoms with Gasteiger partial charge in [-0.25, -0.2) is 0 Å². The Morgan fingerprint density at radius 2 is 0.333 bits per heavy atom. The van der Waals surface area contributed by atoms with Crippen molar-refractivity contribution in [2.45, 2.75) is 0 Å². The third-order valence-corrected chi connectivity index (χ3v) is 24.5. The molecule has 0 radical (unpaired) electrons. The molecular weight excluding hydrogens is 1630 g/mol. The molecule has 1 N–H and O–H groups in total. The van der Waals surface area contributed by atoms with Crippen molar-refractivity contribution in [1.82, 2.24) is 0 Å². The van der Waals surface area contributed by atoms with Crippen LogP contribution in [0.15, 0.2) is 538 Å². The van der Waals surface area contributed by atoms with E-state index in [4.69, 9.17) is 0 Å². The fourth-order valence-corrected chi connectivity index (χ4v) is 18.6. The van der Waals surface area contributed by atoms with Crippen LogP contribution < -0.4 is 20.0 Å². The number of rotatable bonds is 19. The van der Waals surface area contributed by atoms with Gasteiger partial charge in [0.1, 0.15) is 0 Å². The first-order chi connectivity index (χ1) is 64.0. The molecule has 5 heteroatoms. The summed E-state index contributed by atoms with van der Waals surface area (Å²) >= 11 is 3.80. The van der Waals surface area contributed by atoms with Crippen LogP contribution in [-0.4, -0.2) is 0 Å². The van der Waals surface area contributed by atoms with Crippen molar-refractivity contribution < 1.29 is 0 Å². The number of nitrogens with one attached hydrogen (secondary N) is 1. The molecule has 0 bridgehead atoms. The molecule has 0 heterocycles. The van der Waals surface area contributed by atoms with E-state index in [1.807, 2.05) is 30.3 Å². The molecule has 612 valence electrons. The lowest BCUT2D eigenvalue weighted by Gasteiger charge is -2.29. The first-order valence-corrected chi connectivity index (χ1v) is 44.7. The van der Waals surface area contributed by atoms with Crippen molar-refractivity contribution in [3.63, 3.8) is 0 Å². The molecule has 0 unspecified atom stereocenters. The minimum atomic E-state index is 1.07. The van der Waals surface area contributed by atoms with Gasteiger partial charge < -0.3 is 20.0 Å². The number of para-hydroxylation sites is 6. The van der Waals surface area contributed by atoms with E-state index in [-0.39, 0.29) is 0 Å². The molecule has 0 aliphatic heterocycles. The fraction of sp³-hybridized carbons (Fsp3) is 0. The molecule has 129 heavy (non-hydrogen) atoms. The third-order valence-electron chi connectivity index (χ3n) is 24.0. The maximum absolute atomic E-state index is 3.80. The third kappa shape index (κ3) is 17.1. The second-order valence-electron chi connectivity index (χ2n) is 31.9. The minimum absolute atomic E-state index is 1.07. The van der Waals surface area contributed by atoms with Crippen LogP contribution in [0.1, 0.15) is 0 Å². The maximum Gasteiger partial charge on any atom is 0.0468 e. The summed E-state index contributed by atoms with van der Waals surface area (Å²) in [6.07, 6.45) is 0. The predicted octanol–water partition coefficient (Wildman–Crippen LogP) is 35.9. The summed E-state index contributed by atoms with van der Waals surface area (Å²) in [4.78, 5) is 6.95. The number of anilines is 11. The van der Waals surface area contributed by atoms with Crippen LogP contribution in [-0.2, 0) is 0 Å². The highest BCUT2D eigenvalue weighted by molar-refractivity contribution is 9.10. The zero-order valence-electron chi connectivity index (χ0n) is 71.0. The summed E-state index contributed by atoms with van der Waals surface area (Å²) in [6.45, 7) is 0. The average Bonchev–Trinajstić information content (AvgIpc) is 0.726. The van der Waals surface area contributed by atoms with E-state index in [1.54, 1.807) is 0 Å². The van der Waals surface area contributed by atoms with Gasteiger partial charge in [0.2, 0.25) is 0 Å². The molecule has 22 aromatic carbocycles. The molecule has 22 rings (SSSR count). The van der Waals surface area contributed by atoms with Gasteiger partial charge in [-0.3, -0.25) is 0 Å². The van der Waals surface area contributed by atoms with Crippen LogP contribution in [0.4, 0.5) is 62.6 Å². The number of hydrogen-bond acceptors (Lipinski definition) is 4. The van der Waals surface area contributed by atoms with Crippen molar-refractivity contribution in [3.05, 3.63) is 538 Å². The Bertz CT molecular complexity index is 7500. The Morgan fingerprint density at radius 1 is 0.140 bits per heavy atom. The van der Waals surface area contributed by atoms with E-state index in [0.29, 0.717) is 0 Å². The first kappa shape index (κ1) is 80.9. The lowest BCUT2D eigenvalue weighted by Crippen LogP contribution is -2.12. The molecule has 4 nitrogen and oxygen atoms in total. The first-order valence-electron chi connectivity index (χ1n) is 43.9. The lowest BCUT2D eigenvalue weighted by atomic mass is 9.82. The number of benzene rings is 22. The van der Waals surface area contributed by atoms with Crippen molar-refractivity contribution in [2.75, 3.05) is 20.0 Å². The number of hydrogen-bond donors (Lipinski definition) is 1. The summed E-state index contributed by atoms with van der Waals surface area (Å²) < 4.78 is 1.08. The number of halogens is 1. The highest BCUT2D eigenvalue weighted by Crippen LogP contribution is 2.53. The maximum atomic E-state index is 3.80. The summed E-state index contributed by atoms with van der Waals surface area (Å²) in [6, 6.07) is 190. The van der Waals surface area contributed by atoms with Crippen LogP contribution in [0, 0.1) is 0 Å². The number of fused-ring (bicyclic) bond motifs is 4. The van der Waals surface area contributed by atoms with Crippen molar-refractivity contribution >= 4 is 122 Å². The van der Waals surface area contributed by atoms with E-state index < -0.39 is 0 Å². The van der Waals surface area contributed by atoms with E-state index in [2.05, 4.69) is 539 Å². The summed E-state index contributed by atoms with van der Waals surface area (Å²) in [5.41, 5.74) is 31.7. The second-order valence-corrected chi connectivity index (χ2v) is 32.8. The average molecular weight is 1720 g/mol. The summed E-state index contributed by atoms with van der Waals surface area (Å²) in [5.74, 6) is 0. The molecule has 0 amide bonds. The Kier molecular flexibility index (Phi) is 23.8. The highest BCUT2D eigenvalue weighted by atomic mass is 79.9. The standard InChI is InChI=1S/C62H44N2.C38H25Br.C24H20N2/c1-6-22-45(23-7-1)53-32-16-18-34-55(53)61-57-36-20-21-37-58(57)62(56-35-19-17-33-54(56)46-24-8-2-9-25-46)60-44-52(42-43-59(60)61)64(49-30-14-5-15-31-49)51-40-38-50(39-41-51)63(47-26-10-3-11-27-47)48-28-12-4-13-29-48;39-28-23-24-35-36(25-28)38(32-20-10-8-18-30(32)27-15-5-2-6-16-27)34-22-12-11-21-33(34)37(35)31-19-9-7-17-29(31)26-13-3-1-4-14-26;1-4-10-20(11-5-1)25-21-16-18-24(19-17-21)26(22-12-6-2-7-13-22)23-14-8-3-9-15-23/h1-44H;1-25H;1-19,25H. The summed E-state index contributed by atoms with van der Waals surface area (Å²) in [7, 11) is 0. The van der Waals surface area contributed by atoms with E-state index in [1.165, 1.54) is 132 Å². The normalized spacial score (nSPS) is 11.0. The van der Waals surface area contributed by atoms with Gasteiger partial charge in [-0.15, -0.1) is 0 Å². The molecule has 0 fully saturated rings. The van der Waals surface area contributed by atoms with Crippen LogP contribution in [0.3, 0.4) is 0 Å². The van der Waals surface area contributed by atoms with Gasteiger partial charge in [0, 0.05) is 67.0 Å². The molecule has 0 saturated heterocycles. The van der Waals surface area contributed by atoms with Gasteiger partial charge >= 0.3 is 0 Å². The molecule has 0 spiro atoms.